The Balaban J connectivity index is 2.94. The molecule has 1 aromatic heterocycles. The summed E-state index contributed by atoms with van der Waals surface area (Å²) in [5.41, 5.74) is -2.48. The zero-order chi connectivity index (χ0) is 31.3. The van der Waals surface area contributed by atoms with E-state index in [9.17, 15) is 38.4 Å². The van der Waals surface area contributed by atoms with Crippen LogP contribution in [0.4, 0.5) is 11.5 Å². The van der Waals surface area contributed by atoms with Gasteiger partial charge in [0.2, 0.25) is 11.8 Å². The van der Waals surface area contributed by atoms with Crippen molar-refractivity contribution in [1.82, 2.24) is 9.13 Å². The van der Waals surface area contributed by atoms with E-state index in [4.69, 9.17) is 23.7 Å². The van der Waals surface area contributed by atoms with Gasteiger partial charge in [-0.1, -0.05) is 0 Å². The Hall–Kier alpha value is -4.54. The fraction of sp³-hybridized carbons (Fsp3) is 0.583. The Bertz CT molecular complexity index is 1360. The molecule has 17 heteroatoms. The molecule has 1 aromatic rings. The van der Waals surface area contributed by atoms with Crippen LogP contribution in [0.5, 0.6) is 0 Å². The van der Waals surface area contributed by atoms with Crippen LogP contribution in [-0.2, 0) is 66.5 Å². The number of carbonyl (C=O) groups is 6. The monoisotopic (exact) mass is 584 g/mol. The third kappa shape index (κ3) is 7.56. The lowest BCUT2D eigenvalue weighted by molar-refractivity contribution is -0.251. The molecule has 2 amide bonds. The van der Waals surface area contributed by atoms with Gasteiger partial charge in [-0.25, -0.2) is 4.79 Å². The van der Waals surface area contributed by atoms with Crippen molar-refractivity contribution in [2.45, 2.75) is 72.2 Å². The minimum Gasteiger partial charge on any atom is -0.463 e. The first-order valence-corrected chi connectivity index (χ1v) is 12.2. The summed E-state index contributed by atoms with van der Waals surface area (Å²) in [6.07, 6.45) is -8.17. The Labute approximate surface area is 233 Å². The first kappa shape index (κ1) is 32.7. The maximum absolute atomic E-state index is 13.4. The van der Waals surface area contributed by atoms with E-state index in [0.717, 1.165) is 53.2 Å². The lowest BCUT2D eigenvalue weighted by Crippen LogP contribution is -2.67. The molecule has 1 N–H and O–H groups in total. The van der Waals surface area contributed by atoms with Crippen LogP contribution in [0.2, 0.25) is 0 Å². The van der Waals surface area contributed by atoms with Gasteiger partial charge in [0.1, 0.15) is 18.5 Å². The fourth-order valence-corrected chi connectivity index (χ4v) is 4.23. The van der Waals surface area contributed by atoms with Crippen LogP contribution in [0.25, 0.3) is 0 Å². The molecular formula is C24H32N4O13. The predicted molar refractivity (Wildman–Crippen MR) is 136 cm³/mol. The summed E-state index contributed by atoms with van der Waals surface area (Å²) in [6, 6.07) is 0. The van der Waals surface area contributed by atoms with Gasteiger partial charge in [-0.15, -0.1) is 0 Å². The van der Waals surface area contributed by atoms with Gasteiger partial charge in [0.15, 0.2) is 30.2 Å². The van der Waals surface area contributed by atoms with Gasteiger partial charge < -0.3 is 29.0 Å². The highest BCUT2D eigenvalue weighted by Crippen LogP contribution is 2.34. The maximum Gasteiger partial charge on any atom is 0.332 e. The van der Waals surface area contributed by atoms with Gasteiger partial charge in [-0.05, 0) is 0 Å². The second-order valence-electron chi connectivity index (χ2n) is 9.06. The van der Waals surface area contributed by atoms with E-state index >= 15 is 0 Å². The van der Waals surface area contributed by atoms with Gasteiger partial charge in [-0.2, -0.15) is 0 Å². The summed E-state index contributed by atoms with van der Waals surface area (Å²) in [6.45, 7) is 5.65. The highest BCUT2D eigenvalue weighted by Gasteiger charge is 2.55. The molecule has 0 unspecified atom stereocenters. The first-order valence-electron chi connectivity index (χ1n) is 12.2. The fourth-order valence-electron chi connectivity index (χ4n) is 4.23. The average Bonchev–Trinajstić information content (AvgIpc) is 2.84. The van der Waals surface area contributed by atoms with Gasteiger partial charge in [0.05, 0.1) is 0 Å². The number of carbonyl (C=O) groups excluding carboxylic acids is 6. The molecule has 0 bridgehead atoms. The molecule has 17 nitrogen and oxygen atoms in total. The SMILES string of the molecule is CC(=O)Nc1c(N(C(C)=O)[C@@H]2O[C@H](COC(C)=O)[C@H](OC(C)=O)[C@H](OC(C)=O)[C@H]2OC(C)=O)c(=O)n(C)c(=O)n1C. The average molecular weight is 585 g/mol. The van der Waals surface area contributed by atoms with Crippen LogP contribution < -0.4 is 21.5 Å². The zero-order valence-electron chi connectivity index (χ0n) is 23.7. The largest absolute Gasteiger partial charge is 0.463 e. The Morgan fingerprint density at radius 2 is 1.29 bits per heavy atom. The summed E-state index contributed by atoms with van der Waals surface area (Å²) in [5.74, 6) is -5.52. The smallest absolute Gasteiger partial charge is 0.332 e. The van der Waals surface area contributed by atoms with E-state index in [2.05, 4.69) is 5.32 Å². The third-order valence-electron chi connectivity index (χ3n) is 5.74. The minimum absolute atomic E-state index is 0.409. The van der Waals surface area contributed by atoms with Gasteiger partial charge in [-0.3, -0.25) is 47.6 Å². The van der Waals surface area contributed by atoms with Crippen molar-refractivity contribution in [3.8, 4) is 0 Å². The summed E-state index contributed by atoms with van der Waals surface area (Å²) in [4.78, 5) is 100.0. The molecular weight excluding hydrogens is 552 g/mol. The van der Waals surface area contributed by atoms with E-state index in [0.29, 0.717) is 9.47 Å². The van der Waals surface area contributed by atoms with Crippen molar-refractivity contribution in [1.29, 1.82) is 0 Å². The Morgan fingerprint density at radius 1 is 0.780 bits per heavy atom. The first-order chi connectivity index (χ1) is 19.0. The normalized spacial score (nSPS) is 21.7. The number of esters is 4. The molecule has 0 aliphatic carbocycles. The van der Waals surface area contributed by atoms with Crippen molar-refractivity contribution in [2.75, 3.05) is 16.8 Å². The van der Waals surface area contributed by atoms with Crippen LogP contribution in [0, 0.1) is 0 Å². The number of nitrogens with one attached hydrogen (secondary N) is 1. The third-order valence-corrected chi connectivity index (χ3v) is 5.74. The van der Waals surface area contributed by atoms with E-state index in [-0.39, 0.29) is 0 Å². The molecule has 0 aromatic carbocycles. The van der Waals surface area contributed by atoms with Crippen LogP contribution in [0.3, 0.4) is 0 Å². The molecule has 1 fully saturated rings. The molecule has 1 saturated heterocycles. The van der Waals surface area contributed by atoms with Crippen molar-refractivity contribution in [3.63, 3.8) is 0 Å². The number of nitrogens with zero attached hydrogens (tertiary/aromatic N) is 3. The number of amides is 2. The maximum atomic E-state index is 13.4. The standard InChI is InChI=1S/C24H32N4O13/c1-10(29)25-21-17(22(35)27(8)24(36)26(21)7)28(11(2)30)23-20(40-15(6)34)19(39-14(5)33)18(38-13(4)32)16(41-23)9-37-12(3)31/h16,18-20,23H,9H2,1-8H3,(H,25,29)/t16-,18+,19+,20-,23-/m1/s1. The zero-order valence-corrected chi connectivity index (χ0v) is 23.7. The second-order valence-corrected chi connectivity index (χ2v) is 9.06. The minimum atomic E-state index is -1.81. The van der Waals surface area contributed by atoms with E-state index in [1.54, 1.807) is 0 Å². The molecule has 1 aliphatic heterocycles. The lowest BCUT2D eigenvalue weighted by Gasteiger charge is -2.47. The van der Waals surface area contributed by atoms with Crippen molar-refractivity contribution >= 4 is 47.2 Å². The summed E-state index contributed by atoms with van der Waals surface area (Å²) >= 11 is 0. The molecule has 41 heavy (non-hydrogen) atoms. The van der Waals surface area contributed by atoms with Crippen molar-refractivity contribution in [2.24, 2.45) is 14.1 Å². The topological polar surface area (TPSA) is 208 Å². The van der Waals surface area contributed by atoms with Gasteiger partial charge >= 0.3 is 29.6 Å². The molecule has 0 radical (unpaired) electrons. The lowest BCUT2D eigenvalue weighted by atomic mass is 9.96. The Morgan fingerprint density at radius 3 is 1.76 bits per heavy atom. The second kappa shape index (κ2) is 13.2. The molecule has 1 aliphatic rings. The summed E-state index contributed by atoms with van der Waals surface area (Å²) in [7, 11) is 2.35. The number of ether oxygens (including phenoxy) is 5. The highest BCUT2D eigenvalue weighted by molar-refractivity contribution is 5.98. The van der Waals surface area contributed by atoms with Crippen LogP contribution in [0.1, 0.15) is 41.5 Å². The quantitative estimate of drug-likeness (QED) is 0.272. The summed E-state index contributed by atoms with van der Waals surface area (Å²) in [5, 5.41) is 2.34. The van der Waals surface area contributed by atoms with Crippen molar-refractivity contribution in [3.05, 3.63) is 20.8 Å². The number of hydrogen-bond acceptors (Lipinski definition) is 13. The number of rotatable bonds is 8. The Kier molecular flexibility index (Phi) is 10.5. The molecule has 2 heterocycles. The van der Waals surface area contributed by atoms with E-state index < -0.39 is 95.7 Å². The number of aromatic nitrogens is 2. The summed E-state index contributed by atoms with van der Waals surface area (Å²) < 4.78 is 28.7. The van der Waals surface area contributed by atoms with Crippen molar-refractivity contribution < 1.29 is 52.5 Å². The number of hydrogen-bond donors (Lipinski definition) is 1. The van der Waals surface area contributed by atoms with Crippen LogP contribution >= 0.6 is 0 Å². The predicted octanol–water partition coefficient (Wildman–Crippen LogP) is -1.52. The van der Waals surface area contributed by atoms with Crippen LogP contribution in [0.15, 0.2) is 9.59 Å². The molecule has 5 atom stereocenters. The van der Waals surface area contributed by atoms with Crippen LogP contribution in [-0.4, -0.2) is 82.1 Å². The van der Waals surface area contributed by atoms with E-state index in [1.807, 2.05) is 0 Å². The number of anilines is 2. The highest BCUT2D eigenvalue weighted by atomic mass is 16.7. The molecule has 0 spiro atoms. The van der Waals surface area contributed by atoms with Gasteiger partial charge in [0, 0.05) is 55.6 Å². The molecule has 2 rings (SSSR count). The van der Waals surface area contributed by atoms with E-state index in [1.165, 1.54) is 7.05 Å². The molecule has 0 saturated carbocycles. The molecule has 226 valence electrons. The van der Waals surface area contributed by atoms with Gasteiger partial charge in [0.25, 0.3) is 5.56 Å².